The minimum Gasteiger partial charge on any atom is -0.313 e. The molecular weight excluding hydrogens is 629 g/mol. The van der Waals surface area contributed by atoms with Gasteiger partial charge in [0.2, 0.25) is 0 Å². The summed E-state index contributed by atoms with van der Waals surface area (Å²) in [5.74, 6) is 0.408. The summed E-state index contributed by atoms with van der Waals surface area (Å²) in [4.78, 5) is 2.42. The minimum atomic E-state index is 0.408. The second kappa shape index (κ2) is 12.7. The molecule has 0 aliphatic heterocycles. The zero-order valence-electron chi connectivity index (χ0n) is 29.0. The van der Waals surface area contributed by atoms with Crippen LogP contribution < -0.4 is 4.90 Å². The molecule has 52 heavy (non-hydrogen) atoms. The van der Waals surface area contributed by atoms with Gasteiger partial charge in [0, 0.05) is 45.2 Å². The lowest BCUT2D eigenvalue weighted by atomic mass is 9.88. The molecule has 0 saturated carbocycles. The molecule has 2 heteroatoms. The van der Waals surface area contributed by atoms with Gasteiger partial charge in [-0.05, 0) is 107 Å². The highest BCUT2D eigenvalue weighted by molar-refractivity contribution is 6.01. The molecule has 1 aromatic heterocycles. The quantitative estimate of drug-likeness (QED) is 0.171. The Labute approximate surface area is 305 Å². The van der Waals surface area contributed by atoms with Gasteiger partial charge in [-0.2, -0.15) is 0 Å². The van der Waals surface area contributed by atoms with E-state index in [0.717, 1.165) is 36.3 Å². The standard InChI is InChI=1S/C50H38N2/c1-2-12-35(13-3-1)37-24-27-41(28-25-37)51(47-20-10-8-17-44(47)40-23-22-36-14-4-5-16-39(36)34-40)42-29-31-43(32-30-42)52-48-21-11-9-19-46(48)50-45-18-7-6-15-38(45)26-33-49(50)52/h1-12,14-25,27-32,34-35H,13,26,33H2. The second-order valence-corrected chi connectivity index (χ2v) is 14.0. The molecule has 0 spiro atoms. The molecule has 0 N–H and O–H groups in total. The molecule has 0 fully saturated rings. The van der Waals surface area contributed by atoms with Crippen LogP contribution in [0.3, 0.4) is 0 Å². The Morgan fingerprint density at radius 2 is 1.27 bits per heavy atom. The zero-order valence-corrected chi connectivity index (χ0v) is 29.0. The van der Waals surface area contributed by atoms with E-state index < -0.39 is 0 Å². The van der Waals surface area contributed by atoms with Crippen molar-refractivity contribution in [3.63, 3.8) is 0 Å². The predicted octanol–water partition coefficient (Wildman–Crippen LogP) is 13.3. The number of hydrogen-bond acceptors (Lipinski definition) is 1. The molecule has 248 valence electrons. The van der Waals surface area contributed by atoms with Crippen LogP contribution in [0.5, 0.6) is 0 Å². The monoisotopic (exact) mass is 666 g/mol. The first-order chi connectivity index (χ1) is 25.8. The molecule has 2 nitrogen and oxygen atoms in total. The van der Waals surface area contributed by atoms with Crippen molar-refractivity contribution < 1.29 is 0 Å². The Morgan fingerprint density at radius 1 is 0.558 bits per heavy atom. The van der Waals surface area contributed by atoms with Crippen molar-refractivity contribution in [2.45, 2.75) is 25.2 Å². The summed E-state index contributed by atoms with van der Waals surface area (Å²) in [6.45, 7) is 0. The SMILES string of the molecule is C1=CCC(c2ccc(N(c3ccc(-n4c5c(c6ccccc64)-c4ccccc4CC5)cc3)c3ccccc3-c3ccc4ccccc4c3)cc2)C=C1. The van der Waals surface area contributed by atoms with Gasteiger partial charge in [0.25, 0.3) is 0 Å². The summed E-state index contributed by atoms with van der Waals surface area (Å²) < 4.78 is 2.50. The predicted molar refractivity (Wildman–Crippen MR) is 219 cm³/mol. The number of benzene rings is 7. The highest BCUT2D eigenvalue weighted by Crippen LogP contribution is 2.44. The first kappa shape index (κ1) is 30.4. The summed E-state index contributed by atoms with van der Waals surface area (Å²) in [5, 5.41) is 3.82. The van der Waals surface area contributed by atoms with Gasteiger partial charge in [-0.15, -0.1) is 0 Å². The van der Waals surface area contributed by atoms with Gasteiger partial charge in [0.15, 0.2) is 0 Å². The molecule has 0 radical (unpaired) electrons. The van der Waals surface area contributed by atoms with E-state index in [4.69, 9.17) is 0 Å². The van der Waals surface area contributed by atoms with Crippen molar-refractivity contribution >= 4 is 38.7 Å². The summed E-state index contributed by atoms with van der Waals surface area (Å²) >= 11 is 0. The fourth-order valence-electron chi connectivity index (χ4n) is 8.51. The highest BCUT2D eigenvalue weighted by Gasteiger charge is 2.25. The molecule has 1 heterocycles. The van der Waals surface area contributed by atoms with Crippen molar-refractivity contribution in [2.24, 2.45) is 0 Å². The third-order valence-electron chi connectivity index (χ3n) is 11.0. The van der Waals surface area contributed by atoms with Crippen LogP contribution in [0.25, 0.3) is 49.6 Å². The fraction of sp³-hybridized carbons (Fsp3) is 0.0800. The third-order valence-corrected chi connectivity index (χ3v) is 11.0. The summed E-state index contributed by atoms with van der Waals surface area (Å²) in [7, 11) is 0. The van der Waals surface area contributed by atoms with Gasteiger partial charge in [-0.1, -0.05) is 133 Å². The molecule has 8 aromatic rings. The van der Waals surface area contributed by atoms with Crippen molar-refractivity contribution in [2.75, 3.05) is 4.90 Å². The van der Waals surface area contributed by atoms with Crippen LogP contribution in [0.15, 0.2) is 188 Å². The van der Waals surface area contributed by atoms with Gasteiger partial charge in [0.05, 0.1) is 11.2 Å². The van der Waals surface area contributed by atoms with Crippen LogP contribution in [0, 0.1) is 0 Å². The Balaban J connectivity index is 1.11. The topological polar surface area (TPSA) is 8.17 Å². The number of fused-ring (bicyclic) bond motifs is 6. The average Bonchev–Trinajstić information content (AvgIpc) is 3.57. The van der Waals surface area contributed by atoms with E-state index >= 15 is 0 Å². The molecule has 2 aliphatic rings. The highest BCUT2D eigenvalue weighted by atomic mass is 15.1. The van der Waals surface area contributed by atoms with E-state index in [9.17, 15) is 0 Å². The summed E-state index contributed by atoms with van der Waals surface area (Å²) in [6, 6.07) is 60.5. The maximum absolute atomic E-state index is 2.50. The summed E-state index contributed by atoms with van der Waals surface area (Å²) in [6.07, 6.45) is 12.0. The van der Waals surface area contributed by atoms with Gasteiger partial charge >= 0.3 is 0 Å². The maximum Gasteiger partial charge on any atom is 0.0540 e. The minimum absolute atomic E-state index is 0.408. The molecule has 2 aliphatic carbocycles. The van der Waals surface area contributed by atoms with E-state index in [-0.39, 0.29) is 0 Å². The molecule has 10 rings (SSSR count). The van der Waals surface area contributed by atoms with Gasteiger partial charge in [-0.3, -0.25) is 0 Å². The van der Waals surface area contributed by atoms with Crippen molar-refractivity contribution in [3.05, 3.63) is 205 Å². The molecule has 0 saturated heterocycles. The molecule has 7 aromatic carbocycles. The normalized spacial score (nSPS) is 14.7. The van der Waals surface area contributed by atoms with Crippen LogP contribution >= 0.6 is 0 Å². The first-order valence-electron chi connectivity index (χ1n) is 18.4. The Kier molecular flexibility index (Phi) is 7.46. The van der Waals surface area contributed by atoms with Crippen molar-refractivity contribution in [3.8, 4) is 27.9 Å². The number of para-hydroxylation sites is 2. The number of allylic oxidation sites excluding steroid dienone is 4. The lowest BCUT2D eigenvalue weighted by molar-refractivity contribution is 0.854. The number of rotatable bonds is 6. The number of nitrogens with zero attached hydrogens (tertiary/aromatic N) is 2. The van der Waals surface area contributed by atoms with E-state index in [1.165, 1.54) is 66.4 Å². The van der Waals surface area contributed by atoms with Gasteiger partial charge in [-0.25, -0.2) is 0 Å². The van der Waals surface area contributed by atoms with Crippen LogP contribution in [0.1, 0.15) is 29.2 Å². The van der Waals surface area contributed by atoms with Crippen LogP contribution in [0.4, 0.5) is 17.1 Å². The van der Waals surface area contributed by atoms with Crippen LogP contribution in [-0.2, 0) is 12.8 Å². The number of aromatic nitrogens is 1. The second-order valence-electron chi connectivity index (χ2n) is 14.0. The lowest BCUT2D eigenvalue weighted by Gasteiger charge is -2.29. The average molecular weight is 667 g/mol. The van der Waals surface area contributed by atoms with E-state index in [1.54, 1.807) is 0 Å². The van der Waals surface area contributed by atoms with Gasteiger partial charge < -0.3 is 9.47 Å². The van der Waals surface area contributed by atoms with Crippen molar-refractivity contribution in [1.82, 2.24) is 4.57 Å². The Bertz CT molecular complexity index is 2650. The first-order valence-corrected chi connectivity index (χ1v) is 18.4. The summed E-state index contributed by atoms with van der Waals surface area (Å²) in [5.41, 5.74) is 15.2. The fourth-order valence-corrected chi connectivity index (χ4v) is 8.51. The Morgan fingerprint density at radius 3 is 2.10 bits per heavy atom. The Hall–Kier alpha value is -6.38. The van der Waals surface area contributed by atoms with E-state index in [2.05, 4.69) is 198 Å². The largest absolute Gasteiger partial charge is 0.313 e. The number of aryl methyl sites for hydroxylation is 1. The molecule has 1 unspecified atom stereocenters. The number of hydrogen-bond donors (Lipinski definition) is 0. The molecule has 1 atom stereocenters. The van der Waals surface area contributed by atoms with Crippen LogP contribution in [-0.4, -0.2) is 4.57 Å². The lowest BCUT2D eigenvalue weighted by Crippen LogP contribution is -2.12. The molecular formula is C50H38N2. The third kappa shape index (κ3) is 5.18. The van der Waals surface area contributed by atoms with Crippen LogP contribution in [0.2, 0.25) is 0 Å². The van der Waals surface area contributed by atoms with Crippen molar-refractivity contribution in [1.29, 1.82) is 0 Å². The zero-order chi connectivity index (χ0) is 34.4. The van der Waals surface area contributed by atoms with E-state index in [1.807, 2.05) is 0 Å². The van der Waals surface area contributed by atoms with Gasteiger partial charge in [0.1, 0.15) is 0 Å². The smallest absolute Gasteiger partial charge is 0.0540 e. The van der Waals surface area contributed by atoms with E-state index in [0.29, 0.717) is 5.92 Å². The molecule has 0 bridgehead atoms. The maximum atomic E-state index is 2.50. The number of anilines is 3. The molecule has 0 amide bonds.